The van der Waals surface area contributed by atoms with Crippen LogP contribution in [0.5, 0.6) is 0 Å². The molecule has 0 fully saturated rings. The summed E-state index contributed by atoms with van der Waals surface area (Å²) >= 11 is 15.8. The van der Waals surface area contributed by atoms with Crippen molar-refractivity contribution in [3.63, 3.8) is 0 Å². The van der Waals surface area contributed by atoms with E-state index in [1.807, 2.05) is 13.8 Å². The van der Waals surface area contributed by atoms with Crippen LogP contribution in [-0.4, -0.2) is 50.5 Å². The maximum atomic E-state index is 13.7. The summed E-state index contributed by atoms with van der Waals surface area (Å²) in [6, 6.07) is 10.8. The van der Waals surface area contributed by atoms with Crippen LogP contribution in [0.1, 0.15) is 32.8 Å². The van der Waals surface area contributed by atoms with Crippen LogP contribution >= 0.6 is 39.1 Å². The summed E-state index contributed by atoms with van der Waals surface area (Å²) in [5, 5.41) is 3.66. The molecule has 1 N–H and O–H groups in total. The second-order valence-corrected chi connectivity index (χ2v) is 12.1. The molecular weight excluding hydrogens is 577 g/mol. The average Bonchev–Trinajstić information content (AvgIpc) is 2.77. The Bertz CT molecular complexity index is 1160. The molecule has 0 heterocycles. The zero-order valence-corrected chi connectivity index (χ0v) is 24.0. The van der Waals surface area contributed by atoms with Gasteiger partial charge >= 0.3 is 0 Å². The number of carbonyl (C=O) groups is 2. The van der Waals surface area contributed by atoms with Crippen molar-refractivity contribution < 1.29 is 18.0 Å². The van der Waals surface area contributed by atoms with Crippen LogP contribution in [-0.2, 0) is 26.2 Å². The van der Waals surface area contributed by atoms with Gasteiger partial charge in [0, 0.05) is 27.6 Å². The third-order valence-electron chi connectivity index (χ3n) is 5.23. The van der Waals surface area contributed by atoms with Crippen LogP contribution in [0.25, 0.3) is 0 Å². The van der Waals surface area contributed by atoms with Gasteiger partial charge in [-0.05, 0) is 58.1 Å². The van der Waals surface area contributed by atoms with Gasteiger partial charge in [-0.25, -0.2) is 8.42 Å². The van der Waals surface area contributed by atoms with Crippen molar-refractivity contribution in [3.8, 4) is 0 Å². The molecule has 2 rings (SSSR count). The van der Waals surface area contributed by atoms with Gasteiger partial charge in [-0.15, -0.1) is 0 Å². The van der Waals surface area contributed by atoms with Gasteiger partial charge in [0.1, 0.15) is 12.6 Å². The SMILES string of the molecule is CC[C@@H](C(=O)NCC(C)C)N(Cc1ccc(Cl)cc1Cl)C(=O)CN(c1ccccc1Br)S(C)(=O)=O. The highest BCUT2D eigenvalue weighted by Gasteiger charge is 2.32. The molecule has 0 aromatic heterocycles. The van der Waals surface area contributed by atoms with Crippen LogP contribution < -0.4 is 9.62 Å². The van der Waals surface area contributed by atoms with Crippen LogP contribution in [0.4, 0.5) is 5.69 Å². The Morgan fingerprint density at radius 1 is 1.11 bits per heavy atom. The number of sulfonamides is 1. The second-order valence-electron chi connectivity index (χ2n) is 8.54. The lowest BCUT2D eigenvalue weighted by Crippen LogP contribution is -2.52. The Hall–Kier alpha value is -1.81. The zero-order valence-electron chi connectivity index (χ0n) is 20.1. The van der Waals surface area contributed by atoms with Gasteiger partial charge in [0.25, 0.3) is 0 Å². The maximum absolute atomic E-state index is 13.7. The summed E-state index contributed by atoms with van der Waals surface area (Å²) in [5.41, 5.74) is 0.913. The predicted octanol–water partition coefficient (Wildman–Crippen LogP) is 5.10. The fraction of sp³-hybridized carbons (Fsp3) is 0.417. The third kappa shape index (κ3) is 8.37. The number of anilines is 1. The number of hydrogen-bond donors (Lipinski definition) is 1. The molecule has 0 saturated carbocycles. The molecule has 0 aliphatic heterocycles. The van der Waals surface area contributed by atoms with Gasteiger partial charge < -0.3 is 10.2 Å². The summed E-state index contributed by atoms with van der Waals surface area (Å²) in [6.45, 7) is 5.71. The minimum atomic E-state index is -3.82. The Balaban J connectivity index is 2.47. The quantitative estimate of drug-likeness (QED) is 0.385. The van der Waals surface area contributed by atoms with Gasteiger partial charge in [-0.3, -0.25) is 13.9 Å². The van der Waals surface area contributed by atoms with Crippen molar-refractivity contribution in [3.05, 3.63) is 62.5 Å². The Kier molecular flexibility index (Phi) is 10.9. The molecule has 7 nitrogen and oxygen atoms in total. The molecule has 0 aliphatic carbocycles. The van der Waals surface area contributed by atoms with Crippen molar-refractivity contribution in [2.24, 2.45) is 5.92 Å². The Morgan fingerprint density at radius 2 is 1.77 bits per heavy atom. The van der Waals surface area contributed by atoms with E-state index < -0.39 is 28.5 Å². The molecule has 0 spiro atoms. The molecule has 0 saturated heterocycles. The molecule has 192 valence electrons. The van der Waals surface area contributed by atoms with Gasteiger partial charge in [-0.1, -0.05) is 62.2 Å². The third-order valence-corrected chi connectivity index (χ3v) is 7.61. The molecule has 0 radical (unpaired) electrons. The largest absolute Gasteiger partial charge is 0.354 e. The first kappa shape index (κ1) is 29.4. The normalized spacial score (nSPS) is 12.3. The standard InChI is InChI=1S/C24H30BrCl2N3O4S/c1-5-21(24(32)28-13-16(2)3)29(14-17-10-11-18(26)12-20(17)27)23(31)15-30(35(4,33)34)22-9-7-6-8-19(22)25/h6-12,16,21H,5,13-15H2,1-4H3,(H,28,32)/t21-/m0/s1. The number of benzene rings is 2. The van der Waals surface area contributed by atoms with E-state index in [-0.39, 0.29) is 18.4 Å². The first-order chi connectivity index (χ1) is 16.3. The number of rotatable bonds is 11. The summed E-state index contributed by atoms with van der Waals surface area (Å²) < 4.78 is 26.9. The number of hydrogen-bond acceptors (Lipinski definition) is 4. The molecule has 11 heteroatoms. The van der Waals surface area contributed by atoms with Crippen molar-refractivity contribution in [1.29, 1.82) is 0 Å². The highest BCUT2D eigenvalue weighted by molar-refractivity contribution is 9.10. The monoisotopic (exact) mass is 605 g/mol. The number of para-hydroxylation sites is 1. The van der Waals surface area contributed by atoms with E-state index in [9.17, 15) is 18.0 Å². The van der Waals surface area contributed by atoms with Crippen LogP contribution in [0.2, 0.25) is 10.0 Å². The molecule has 1 atom stereocenters. The van der Waals surface area contributed by atoms with E-state index >= 15 is 0 Å². The van der Waals surface area contributed by atoms with E-state index in [1.54, 1.807) is 49.4 Å². The van der Waals surface area contributed by atoms with E-state index in [2.05, 4.69) is 21.2 Å². The second kappa shape index (κ2) is 12.9. The minimum absolute atomic E-state index is 0.00992. The number of nitrogens with zero attached hydrogens (tertiary/aromatic N) is 2. The highest BCUT2D eigenvalue weighted by Crippen LogP contribution is 2.29. The number of amides is 2. The fourth-order valence-corrected chi connectivity index (χ4v) is 5.37. The highest BCUT2D eigenvalue weighted by atomic mass is 79.9. The molecule has 0 aliphatic rings. The Labute approximate surface area is 225 Å². The first-order valence-corrected chi connectivity index (χ1v) is 14.5. The van der Waals surface area contributed by atoms with Gasteiger partial charge in [0.15, 0.2) is 0 Å². The molecule has 2 aromatic carbocycles. The van der Waals surface area contributed by atoms with Crippen LogP contribution in [0.15, 0.2) is 46.9 Å². The van der Waals surface area contributed by atoms with Gasteiger partial charge in [0.2, 0.25) is 21.8 Å². The first-order valence-electron chi connectivity index (χ1n) is 11.1. The topological polar surface area (TPSA) is 86.8 Å². The molecule has 2 amide bonds. The lowest BCUT2D eigenvalue weighted by atomic mass is 10.1. The number of carbonyl (C=O) groups excluding carboxylic acids is 2. The summed E-state index contributed by atoms with van der Waals surface area (Å²) in [4.78, 5) is 28.1. The van der Waals surface area contributed by atoms with Gasteiger partial charge in [0.05, 0.1) is 11.9 Å². The molecule has 35 heavy (non-hydrogen) atoms. The molecule has 0 bridgehead atoms. The maximum Gasteiger partial charge on any atom is 0.244 e. The number of halogens is 3. The molecule has 2 aromatic rings. The van der Waals surface area contributed by atoms with E-state index in [4.69, 9.17) is 23.2 Å². The minimum Gasteiger partial charge on any atom is -0.354 e. The predicted molar refractivity (Wildman–Crippen MR) is 145 cm³/mol. The van der Waals surface area contributed by atoms with Crippen molar-refractivity contribution in [1.82, 2.24) is 10.2 Å². The Morgan fingerprint density at radius 3 is 2.31 bits per heavy atom. The smallest absolute Gasteiger partial charge is 0.244 e. The van der Waals surface area contributed by atoms with Crippen molar-refractivity contribution in [2.75, 3.05) is 23.7 Å². The molecular formula is C24H30BrCl2N3O4S. The number of nitrogens with one attached hydrogen (secondary N) is 1. The average molecular weight is 607 g/mol. The van der Waals surface area contributed by atoms with Crippen LogP contribution in [0.3, 0.4) is 0 Å². The van der Waals surface area contributed by atoms with E-state index in [1.165, 1.54) is 4.90 Å². The summed E-state index contributed by atoms with van der Waals surface area (Å²) in [7, 11) is -3.82. The van der Waals surface area contributed by atoms with Crippen LogP contribution in [0, 0.1) is 5.92 Å². The zero-order chi connectivity index (χ0) is 26.3. The lowest BCUT2D eigenvalue weighted by Gasteiger charge is -2.33. The van der Waals surface area contributed by atoms with Gasteiger partial charge in [-0.2, -0.15) is 0 Å². The van der Waals surface area contributed by atoms with E-state index in [0.29, 0.717) is 38.7 Å². The summed E-state index contributed by atoms with van der Waals surface area (Å²) in [5.74, 6) is -0.627. The molecule has 0 unspecified atom stereocenters. The fourth-order valence-electron chi connectivity index (χ4n) is 3.42. The summed E-state index contributed by atoms with van der Waals surface area (Å²) in [6.07, 6.45) is 1.36. The van der Waals surface area contributed by atoms with E-state index in [0.717, 1.165) is 10.6 Å². The van der Waals surface area contributed by atoms with Crippen molar-refractivity contribution >= 4 is 66.7 Å². The van der Waals surface area contributed by atoms with Crippen molar-refractivity contribution in [2.45, 2.75) is 39.8 Å². The lowest BCUT2D eigenvalue weighted by molar-refractivity contribution is -0.140.